The Morgan fingerprint density at radius 1 is 1.18 bits per heavy atom. The lowest BCUT2D eigenvalue weighted by molar-refractivity contribution is 0.0388. The second kappa shape index (κ2) is 13.4. The van der Waals surface area contributed by atoms with Crippen LogP contribution >= 0.6 is 11.3 Å². The van der Waals surface area contributed by atoms with Gasteiger partial charge in [0.15, 0.2) is 5.75 Å². The van der Waals surface area contributed by atoms with Gasteiger partial charge < -0.3 is 20.1 Å². The molecule has 236 valence electrons. The Kier molecular flexibility index (Phi) is 9.63. The molecule has 3 aromatic carbocycles. The van der Waals surface area contributed by atoms with Crippen LogP contribution in [0.15, 0.2) is 83.2 Å². The number of hydrogen-bond donors (Lipinski definition) is 2. The number of aliphatic hydroxyl groups excluding tert-OH is 1. The third-order valence-electron chi connectivity index (χ3n) is 7.72. The van der Waals surface area contributed by atoms with Crippen LogP contribution in [-0.2, 0) is 10.0 Å². The molecule has 0 unspecified atom stereocenters. The maximum atomic E-state index is 13.8. The first kappa shape index (κ1) is 32.2. The summed E-state index contributed by atoms with van der Waals surface area (Å²) in [5.41, 5.74) is 1.63. The van der Waals surface area contributed by atoms with Gasteiger partial charge in [0.2, 0.25) is 10.0 Å². The summed E-state index contributed by atoms with van der Waals surface area (Å²) < 4.78 is 47.8. The molecule has 13 heteroatoms. The van der Waals surface area contributed by atoms with Gasteiger partial charge >= 0.3 is 0 Å². The van der Waals surface area contributed by atoms with Gasteiger partial charge in [0, 0.05) is 42.2 Å². The minimum absolute atomic E-state index is 0.0789. The average molecular weight is 653 g/mol. The molecule has 0 fully saturated rings. The number of aliphatic hydroxyl groups is 1. The van der Waals surface area contributed by atoms with Crippen LogP contribution < -0.4 is 10.1 Å². The van der Waals surface area contributed by atoms with Gasteiger partial charge in [-0.15, -0.1) is 11.3 Å². The average Bonchev–Trinajstić information content (AvgIpc) is 3.58. The highest BCUT2D eigenvalue weighted by Crippen LogP contribution is 2.35. The van der Waals surface area contributed by atoms with Crippen LogP contribution in [0, 0.1) is 11.7 Å². The lowest BCUT2D eigenvalue weighted by atomic mass is 9.99. The third kappa shape index (κ3) is 6.91. The number of fused-ring (bicyclic) bond motifs is 1. The smallest absolute Gasteiger partial charge is 0.258 e. The normalized spacial score (nSPS) is 17.6. The Balaban J connectivity index is 1.47. The summed E-state index contributed by atoms with van der Waals surface area (Å²) in [6.45, 7) is 3.32. The molecule has 0 radical (unpaired) electrons. The van der Waals surface area contributed by atoms with Crippen molar-refractivity contribution in [2.24, 2.45) is 5.92 Å². The first-order valence-corrected chi connectivity index (χ1v) is 16.6. The Morgan fingerprint density at radius 2 is 1.89 bits per heavy atom. The summed E-state index contributed by atoms with van der Waals surface area (Å²) in [6.07, 6.45) is 0.929. The number of nitrogens with one attached hydrogen (secondary N) is 1. The van der Waals surface area contributed by atoms with E-state index in [0.29, 0.717) is 5.56 Å². The Labute approximate surface area is 265 Å². The molecule has 5 rings (SSSR count). The van der Waals surface area contributed by atoms with Gasteiger partial charge in [0.05, 0.1) is 35.3 Å². The maximum Gasteiger partial charge on any atom is 0.258 e. The summed E-state index contributed by atoms with van der Waals surface area (Å²) in [6, 6.07) is 15.7. The quantitative estimate of drug-likeness (QED) is 0.267. The molecule has 0 saturated heterocycles. The molecule has 0 spiro atoms. The van der Waals surface area contributed by atoms with E-state index in [1.807, 2.05) is 12.3 Å². The summed E-state index contributed by atoms with van der Waals surface area (Å²) in [4.78, 5) is 32.9. The summed E-state index contributed by atoms with van der Waals surface area (Å²) in [5, 5.41) is 15.5. The fourth-order valence-electron chi connectivity index (χ4n) is 5.02. The predicted octanol–water partition coefficient (Wildman–Crippen LogP) is 4.74. The van der Waals surface area contributed by atoms with Gasteiger partial charge in [0.1, 0.15) is 16.9 Å². The van der Waals surface area contributed by atoms with Crippen molar-refractivity contribution in [2.45, 2.75) is 30.9 Å². The number of rotatable bonds is 9. The molecule has 10 nitrogen and oxygen atoms in total. The van der Waals surface area contributed by atoms with Crippen LogP contribution in [0.3, 0.4) is 0 Å². The van der Waals surface area contributed by atoms with E-state index < -0.39 is 45.7 Å². The zero-order valence-corrected chi connectivity index (χ0v) is 26.5. The molecule has 1 aliphatic heterocycles. The molecule has 2 N–H and O–H groups in total. The van der Waals surface area contributed by atoms with Crippen molar-refractivity contribution in [1.29, 1.82) is 0 Å². The van der Waals surface area contributed by atoms with Crippen LogP contribution in [0.4, 0.5) is 10.1 Å². The van der Waals surface area contributed by atoms with Crippen molar-refractivity contribution >= 4 is 38.9 Å². The number of hydrogen-bond acceptors (Lipinski definition) is 8. The molecular formula is C32H33FN4O6S2. The lowest BCUT2D eigenvalue weighted by Crippen LogP contribution is -2.50. The SMILES string of the molecule is C[C@H](CO)N1C[C@H](C)[C@H](CN(C)S(=O)(=O)c2ccc(F)cc2)Oc2c(NC(=O)c3ccc(-c4nccs4)cc3)cccc2C1=O. The summed E-state index contributed by atoms with van der Waals surface area (Å²) >= 11 is 1.49. The van der Waals surface area contributed by atoms with Crippen LogP contribution in [0.1, 0.15) is 34.6 Å². The highest BCUT2D eigenvalue weighted by Gasteiger charge is 2.36. The number of benzene rings is 3. The molecule has 45 heavy (non-hydrogen) atoms. The number of ether oxygens (including phenoxy) is 1. The fourth-order valence-corrected chi connectivity index (χ4v) is 6.85. The molecule has 4 aromatic rings. The summed E-state index contributed by atoms with van der Waals surface area (Å²) in [5.74, 6) is -1.70. The highest BCUT2D eigenvalue weighted by atomic mass is 32.2. The van der Waals surface area contributed by atoms with Gasteiger partial charge in [-0.1, -0.05) is 25.1 Å². The van der Waals surface area contributed by atoms with E-state index in [-0.39, 0.29) is 41.6 Å². The third-order valence-corrected chi connectivity index (χ3v) is 10.4. The monoisotopic (exact) mass is 652 g/mol. The molecule has 1 aliphatic rings. The van der Waals surface area contributed by atoms with E-state index in [4.69, 9.17) is 4.74 Å². The number of thiazole rings is 1. The van der Waals surface area contributed by atoms with E-state index in [9.17, 15) is 27.5 Å². The van der Waals surface area contributed by atoms with Gasteiger partial charge in [-0.05, 0) is 55.5 Å². The van der Waals surface area contributed by atoms with Crippen molar-refractivity contribution in [2.75, 3.05) is 32.1 Å². The second-order valence-corrected chi connectivity index (χ2v) is 13.9. The molecule has 3 atom stereocenters. The first-order valence-electron chi connectivity index (χ1n) is 14.2. The number of sulfonamides is 1. The number of halogens is 1. The maximum absolute atomic E-state index is 13.8. The van der Waals surface area contributed by atoms with Crippen LogP contribution in [0.2, 0.25) is 0 Å². The van der Waals surface area contributed by atoms with E-state index in [1.165, 1.54) is 35.4 Å². The molecule has 0 saturated carbocycles. The minimum atomic E-state index is -4.01. The Bertz CT molecular complexity index is 1770. The predicted molar refractivity (Wildman–Crippen MR) is 169 cm³/mol. The highest BCUT2D eigenvalue weighted by molar-refractivity contribution is 7.89. The summed E-state index contributed by atoms with van der Waals surface area (Å²) in [7, 11) is -2.62. The van der Waals surface area contributed by atoms with Crippen LogP contribution in [-0.4, -0.2) is 78.4 Å². The van der Waals surface area contributed by atoms with Gasteiger partial charge in [0.25, 0.3) is 11.8 Å². The molecular weight excluding hydrogens is 620 g/mol. The van der Waals surface area contributed by atoms with E-state index in [0.717, 1.165) is 27.0 Å². The van der Waals surface area contributed by atoms with Crippen molar-refractivity contribution in [1.82, 2.24) is 14.2 Å². The first-order chi connectivity index (χ1) is 21.5. The van der Waals surface area contributed by atoms with Crippen molar-refractivity contribution in [3.05, 3.63) is 95.3 Å². The molecule has 0 aliphatic carbocycles. The van der Waals surface area contributed by atoms with Crippen LogP contribution in [0.5, 0.6) is 5.75 Å². The second-order valence-electron chi connectivity index (χ2n) is 10.9. The fraction of sp³-hybridized carbons (Fsp3) is 0.281. The number of carbonyl (C=O) groups excluding carboxylic acids is 2. The minimum Gasteiger partial charge on any atom is -0.486 e. The van der Waals surface area contributed by atoms with Crippen LogP contribution in [0.25, 0.3) is 10.6 Å². The topological polar surface area (TPSA) is 129 Å². The zero-order valence-electron chi connectivity index (χ0n) is 24.9. The molecule has 2 amide bonds. The number of nitrogens with zero attached hydrogens (tertiary/aromatic N) is 3. The van der Waals surface area contributed by atoms with Crippen molar-refractivity contribution in [3.8, 4) is 16.3 Å². The van der Waals surface area contributed by atoms with Gasteiger partial charge in [-0.2, -0.15) is 4.31 Å². The van der Waals surface area contributed by atoms with Gasteiger partial charge in [-0.25, -0.2) is 17.8 Å². The van der Waals surface area contributed by atoms with E-state index in [2.05, 4.69) is 10.3 Å². The Morgan fingerprint density at radius 3 is 2.53 bits per heavy atom. The number of amides is 2. The number of anilines is 1. The van der Waals surface area contributed by atoms with Crippen molar-refractivity contribution in [3.63, 3.8) is 0 Å². The van der Waals surface area contributed by atoms with E-state index >= 15 is 0 Å². The van der Waals surface area contributed by atoms with E-state index in [1.54, 1.807) is 55.6 Å². The largest absolute Gasteiger partial charge is 0.486 e. The zero-order chi connectivity index (χ0) is 32.3. The number of likely N-dealkylation sites (N-methyl/N-ethyl adjacent to an activating group) is 1. The lowest BCUT2D eigenvalue weighted by Gasteiger charge is -2.38. The van der Waals surface area contributed by atoms with Gasteiger partial charge in [-0.3, -0.25) is 9.59 Å². The number of carbonyl (C=O) groups is 2. The Hall–Kier alpha value is -4.17. The van der Waals surface area contributed by atoms with Crippen molar-refractivity contribution < 1.29 is 32.2 Å². The number of para-hydroxylation sites is 1. The molecule has 1 aromatic heterocycles. The molecule has 0 bridgehead atoms. The molecule has 2 heterocycles. The standard InChI is InChI=1S/C32H33FN4O6S2/c1-20-17-37(21(2)19-38)32(40)26-5-4-6-27(35-30(39)22-7-9-23(10-8-22)31-34-15-16-44-31)29(26)43-28(20)18-36(3)45(41,42)25-13-11-24(33)12-14-25/h4-16,20-21,28,38H,17-19H2,1-3H3,(H,35,39)/t20-,21+,28-/m0/s1. The number of aromatic nitrogens is 1.